The van der Waals surface area contributed by atoms with Crippen molar-refractivity contribution in [3.05, 3.63) is 102 Å². The number of thioether (sulfide) groups is 1. The van der Waals surface area contributed by atoms with Crippen molar-refractivity contribution < 1.29 is 18.3 Å². The fourth-order valence-corrected chi connectivity index (χ4v) is 4.62. The summed E-state index contributed by atoms with van der Waals surface area (Å²) < 4.78 is 34.3. The van der Waals surface area contributed by atoms with E-state index in [0.717, 1.165) is 0 Å². The van der Waals surface area contributed by atoms with Crippen LogP contribution in [0.25, 0.3) is 0 Å². The van der Waals surface area contributed by atoms with Gasteiger partial charge in [-0.15, -0.1) is 10.2 Å². The maximum Gasteiger partial charge on any atom is 0.240 e. The molecule has 0 spiro atoms. The monoisotopic (exact) mass is 479 g/mol. The van der Waals surface area contributed by atoms with Crippen LogP contribution in [0, 0.1) is 11.6 Å². The predicted octanol–water partition coefficient (Wildman–Crippen LogP) is 4.53. The molecule has 1 aliphatic heterocycles. The molecule has 0 bridgehead atoms. The average molecular weight is 480 g/mol. The Morgan fingerprint density at radius 2 is 1.65 bits per heavy atom. The first-order chi connectivity index (χ1) is 16.6. The zero-order valence-electron chi connectivity index (χ0n) is 17.7. The molecule has 1 aliphatic rings. The van der Waals surface area contributed by atoms with E-state index in [4.69, 9.17) is 4.74 Å². The van der Waals surface area contributed by atoms with Crippen LogP contribution in [0.5, 0.6) is 5.75 Å². The fraction of sp³-hybridized carbons (Fsp3) is 0.125. The van der Waals surface area contributed by atoms with Gasteiger partial charge < -0.3 is 15.5 Å². The highest BCUT2D eigenvalue weighted by Crippen LogP contribution is 2.37. The van der Waals surface area contributed by atoms with Crippen LogP contribution >= 0.6 is 11.8 Å². The number of hydrogen-bond donors (Lipinski definition) is 2. The van der Waals surface area contributed by atoms with Crippen LogP contribution in [0.4, 0.5) is 14.5 Å². The lowest BCUT2D eigenvalue weighted by atomic mass is 10.0. The van der Waals surface area contributed by atoms with Gasteiger partial charge in [0.1, 0.15) is 29.2 Å². The molecule has 2 N–H and O–H groups in total. The molecule has 1 aromatic heterocycles. The van der Waals surface area contributed by atoms with Crippen molar-refractivity contribution >= 4 is 23.4 Å². The summed E-state index contributed by atoms with van der Waals surface area (Å²) in [5, 5.41) is 11.1. The van der Waals surface area contributed by atoms with Crippen LogP contribution in [-0.4, -0.2) is 26.0 Å². The molecule has 5 rings (SSSR count). The summed E-state index contributed by atoms with van der Waals surface area (Å²) in [4.78, 5) is 13.2. The van der Waals surface area contributed by atoms with Crippen LogP contribution in [-0.2, 0) is 11.4 Å². The number of carbonyl (C=O) groups excluding carboxylic acids is 1. The van der Waals surface area contributed by atoms with Gasteiger partial charge in [0.2, 0.25) is 11.1 Å². The van der Waals surface area contributed by atoms with E-state index in [1.165, 1.54) is 48.2 Å². The third kappa shape index (κ3) is 4.72. The van der Waals surface area contributed by atoms with Gasteiger partial charge in [0.15, 0.2) is 5.82 Å². The highest BCUT2D eigenvalue weighted by molar-refractivity contribution is 8.00. The zero-order chi connectivity index (χ0) is 23.5. The first-order valence-corrected chi connectivity index (χ1v) is 11.3. The first kappa shape index (κ1) is 21.9. The molecule has 0 radical (unpaired) electrons. The molecule has 0 aliphatic carbocycles. The SMILES string of the molecule is O=C(Nc1ccc(F)cc1)[C@@H]1Sc2nnc(COc3ccccc3)n2N[C@@H]1c1ccc(F)cc1. The highest BCUT2D eigenvalue weighted by Gasteiger charge is 2.38. The van der Waals surface area contributed by atoms with E-state index in [2.05, 4.69) is 20.9 Å². The first-order valence-electron chi connectivity index (χ1n) is 10.4. The second-order valence-corrected chi connectivity index (χ2v) is 8.64. The van der Waals surface area contributed by atoms with Crippen LogP contribution < -0.4 is 15.5 Å². The highest BCUT2D eigenvalue weighted by atomic mass is 32.2. The molecule has 172 valence electrons. The topological polar surface area (TPSA) is 81.1 Å². The second kappa shape index (κ2) is 9.52. The summed E-state index contributed by atoms with van der Waals surface area (Å²) in [5.74, 6) is 0.135. The number of benzene rings is 3. The minimum atomic E-state index is -0.657. The van der Waals surface area contributed by atoms with Gasteiger partial charge in [-0.05, 0) is 54.1 Å². The number of amides is 1. The van der Waals surface area contributed by atoms with Crippen molar-refractivity contribution in [3.8, 4) is 5.75 Å². The second-order valence-electron chi connectivity index (χ2n) is 7.53. The largest absolute Gasteiger partial charge is 0.486 e. The number of rotatable bonds is 6. The molecular weight excluding hydrogens is 460 g/mol. The van der Waals surface area contributed by atoms with Crippen molar-refractivity contribution in [1.29, 1.82) is 0 Å². The number of halogens is 2. The van der Waals surface area contributed by atoms with Crippen LogP contribution in [0.2, 0.25) is 0 Å². The van der Waals surface area contributed by atoms with E-state index in [-0.39, 0.29) is 18.3 Å². The summed E-state index contributed by atoms with van der Waals surface area (Å²) in [6.45, 7) is 0.160. The van der Waals surface area contributed by atoms with Crippen LogP contribution in [0.3, 0.4) is 0 Å². The minimum absolute atomic E-state index is 0.160. The molecule has 10 heteroatoms. The van der Waals surface area contributed by atoms with E-state index >= 15 is 0 Å². The lowest BCUT2D eigenvalue weighted by molar-refractivity contribution is -0.116. The Balaban J connectivity index is 1.41. The van der Waals surface area contributed by atoms with Gasteiger partial charge in [-0.25, -0.2) is 13.5 Å². The molecule has 4 aromatic rings. The van der Waals surface area contributed by atoms with Gasteiger partial charge in [0.05, 0.1) is 6.04 Å². The van der Waals surface area contributed by atoms with Crippen molar-refractivity contribution in [2.45, 2.75) is 23.1 Å². The van der Waals surface area contributed by atoms with E-state index in [1.54, 1.807) is 16.8 Å². The van der Waals surface area contributed by atoms with Gasteiger partial charge >= 0.3 is 0 Å². The third-order valence-corrected chi connectivity index (χ3v) is 6.43. The normalized spacial score (nSPS) is 16.9. The van der Waals surface area contributed by atoms with E-state index < -0.39 is 17.1 Å². The molecule has 1 amide bonds. The molecule has 3 aromatic carbocycles. The predicted molar refractivity (Wildman–Crippen MR) is 124 cm³/mol. The Morgan fingerprint density at radius 1 is 0.971 bits per heavy atom. The van der Waals surface area contributed by atoms with Crippen molar-refractivity contribution in [2.75, 3.05) is 10.7 Å². The lowest BCUT2D eigenvalue weighted by Crippen LogP contribution is -2.41. The Kier molecular flexibility index (Phi) is 6.13. The zero-order valence-corrected chi connectivity index (χ0v) is 18.5. The van der Waals surface area contributed by atoms with Gasteiger partial charge in [-0.3, -0.25) is 4.79 Å². The van der Waals surface area contributed by atoms with Gasteiger partial charge in [-0.2, -0.15) is 0 Å². The maximum atomic E-state index is 13.6. The van der Waals surface area contributed by atoms with E-state index in [9.17, 15) is 13.6 Å². The Hall–Kier alpha value is -3.92. The van der Waals surface area contributed by atoms with Gasteiger partial charge in [-0.1, -0.05) is 42.1 Å². The lowest BCUT2D eigenvalue weighted by Gasteiger charge is -2.33. The number of nitrogens with one attached hydrogen (secondary N) is 2. The fourth-order valence-electron chi connectivity index (χ4n) is 3.52. The molecule has 0 fully saturated rings. The summed E-state index contributed by atoms with van der Waals surface area (Å²) in [7, 11) is 0. The standard InChI is InChI=1S/C24H19F2N5O2S/c25-16-8-6-15(7-9-16)21-22(23(32)27-18-12-10-17(26)11-13-18)34-24-29-28-20(31(24)30-21)14-33-19-4-2-1-3-5-19/h1-13,21-22,30H,14H2,(H,27,32)/t21-,22-/m1/s1. The quantitative estimate of drug-likeness (QED) is 0.423. The third-order valence-electron chi connectivity index (χ3n) is 5.21. The number of ether oxygens (including phenoxy) is 1. The summed E-state index contributed by atoms with van der Waals surface area (Å²) in [6, 6.07) is 20.3. The molecule has 2 heterocycles. The summed E-state index contributed by atoms with van der Waals surface area (Å²) in [5.41, 5.74) is 4.47. The van der Waals surface area contributed by atoms with Gasteiger partial charge in [0, 0.05) is 5.69 Å². The molecule has 7 nitrogen and oxygen atoms in total. The number of para-hydroxylation sites is 1. The number of aromatic nitrogens is 3. The molecular formula is C24H19F2N5O2S. The molecule has 0 unspecified atom stereocenters. The minimum Gasteiger partial charge on any atom is -0.486 e. The van der Waals surface area contributed by atoms with Crippen molar-refractivity contribution in [3.63, 3.8) is 0 Å². The average Bonchev–Trinajstić information content (AvgIpc) is 3.26. The van der Waals surface area contributed by atoms with E-state index in [0.29, 0.717) is 28.0 Å². The van der Waals surface area contributed by atoms with Crippen molar-refractivity contribution in [1.82, 2.24) is 14.9 Å². The smallest absolute Gasteiger partial charge is 0.240 e. The number of fused-ring (bicyclic) bond motifs is 1. The van der Waals surface area contributed by atoms with Gasteiger partial charge in [0.25, 0.3) is 0 Å². The Morgan fingerprint density at radius 3 is 2.35 bits per heavy atom. The molecule has 34 heavy (non-hydrogen) atoms. The number of carbonyl (C=O) groups is 1. The Labute approximate surface area is 198 Å². The molecule has 0 saturated heterocycles. The molecule has 2 atom stereocenters. The summed E-state index contributed by atoms with van der Waals surface area (Å²) >= 11 is 1.23. The summed E-state index contributed by atoms with van der Waals surface area (Å²) in [6.07, 6.45) is 0. The van der Waals surface area contributed by atoms with Crippen molar-refractivity contribution in [2.24, 2.45) is 0 Å². The van der Waals surface area contributed by atoms with Crippen LogP contribution in [0.1, 0.15) is 17.4 Å². The maximum absolute atomic E-state index is 13.6. The number of hydrogen-bond acceptors (Lipinski definition) is 6. The number of anilines is 1. The number of nitrogens with zero attached hydrogens (tertiary/aromatic N) is 3. The van der Waals surface area contributed by atoms with E-state index in [1.807, 2.05) is 30.3 Å². The Bertz CT molecular complexity index is 1280. The molecule has 0 saturated carbocycles. The van der Waals surface area contributed by atoms with Crippen LogP contribution in [0.15, 0.2) is 84.0 Å².